The van der Waals surface area contributed by atoms with Crippen LogP contribution < -0.4 is 10.6 Å². The lowest BCUT2D eigenvalue weighted by Crippen LogP contribution is -2.22. The maximum absolute atomic E-state index is 12.2. The van der Waals surface area contributed by atoms with Crippen LogP contribution in [0.3, 0.4) is 0 Å². The molecule has 2 aromatic carbocycles. The minimum absolute atomic E-state index is 0.177. The van der Waals surface area contributed by atoms with E-state index < -0.39 is 6.09 Å². The highest BCUT2D eigenvalue weighted by Gasteiger charge is 2.07. The van der Waals surface area contributed by atoms with Crippen molar-refractivity contribution in [2.24, 2.45) is 0 Å². The van der Waals surface area contributed by atoms with E-state index in [0.29, 0.717) is 31.0 Å². The van der Waals surface area contributed by atoms with Crippen molar-refractivity contribution in [1.82, 2.24) is 5.32 Å². The highest BCUT2D eigenvalue weighted by molar-refractivity contribution is 5.95. The molecule has 0 radical (unpaired) electrons. The maximum Gasteiger partial charge on any atom is 0.411 e. The smallest absolute Gasteiger partial charge is 0.411 e. The topological polar surface area (TPSA) is 76.7 Å². The SMILES string of the molecule is CCOC(=O)Nc1ccc(C(=O)NCc2ccc(COC)cc2)cc1. The number of carbonyl (C=O) groups is 2. The number of ether oxygens (including phenoxy) is 2. The Hall–Kier alpha value is -2.86. The van der Waals surface area contributed by atoms with Gasteiger partial charge in [0.1, 0.15) is 0 Å². The van der Waals surface area contributed by atoms with Gasteiger partial charge in [-0.1, -0.05) is 24.3 Å². The predicted molar refractivity (Wildman–Crippen MR) is 95.4 cm³/mol. The van der Waals surface area contributed by atoms with Crippen LogP contribution in [0.1, 0.15) is 28.4 Å². The molecule has 2 rings (SSSR count). The van der Waals surface area contributed by atoms with E-state index in [1.54, 1.807) is 38.3 Å². The number of rotatable bonds is 7. The third kappa shape index (κ3) is 5.93. The summed E-state index contributed by atoms with van der Waals surface area (Å²) in [5.41, 5.74) is 3.19. The first kappa shape index (κ1) is 18.5. The fourth-order valence-electron chi connectivity index (χ4n) is 2.19. The van der Waals surface area contributed by atoms with Crippen molar-refractivity contribution in [2.45, 2.75) is 20.1 Å². The Bertz CT molecular complexity index is 696. The Labute approximate surface area is 147 Å². The summed E-state index contributed by atoms with van der Waals surface area (Å²) in [6.07, 6.45) is -0.517. The number of carbonyl (C=O) groups excluding carboxylic acids is 2. The van der Waals surface area contributed by atoms with Crippen LogP contribution in [0.2, 0.25) is 0 Å². The Morgan fingerprint density at radius 3 is 2.20 bits per heavy atom. The molecule has 0 atom stereocenters. The molecule has 0 heterocycles. The minimum atomic E-state index is -0.517. The maximum atomic E-state index is 12.2. The number of methoxy groups -OCH3 is 1. The van der Waals surface area contributed by atoms with Gasteiger partial charge in [0.05, 0.1) is 13.2 Å². The van der Waals surface area contributed by atoms with E-state index in [1.165, 1.54) is 0 Å². The first-order valence-electron chi connectivity index (χ1n) is 8.01. The molecule has 0 aliphatic rings. The van der Waals surface area contributed by atoms with Gasteiger partial charge in [-0.15, -0.1) is 0 Å². The summed E-state index contributed by atoms with van der Waals surface area (Å²) in [6, 6.07) is 14.5. The molecule has 6 nitrogen and oxygen atoms in total. The minimum Gasteiger partial charge on any atom is -0.450 e. The molecule has 0 aromatic heterocycles. The number of benzene rings is 2. The highest BCUT2D eigenvalue weighted by atomic mass is 16.5. The summed E-state index contributed by atoms with van der Waals surface area (Å²) >= 11 is 0. The van der Waals surface area contributed by atoms with Gasteiger partial charge in [-0.25, -0.2) is 4.79 Å². The highest BCUT2D eigenvalue weighted by Crippen LogP contribution is 2.11. The van der Waals surface area contributed by atoms with E-state index in [-0.39, 0.29) is 5.91 Å². The molecular weight excluding hydrogens is 320 g/mol. The third-order valence-electron chi connectivity index (χ3n) is 3.46. The molecule has 2 N–H and O–H groups in total. The zero-order valence-corrected chi connectivity index (χ0v) is 14.4. The Morgan fingerprint density at radius 2 is 1.60 bits per heavy atom. The second kappa shape index (κ2) is 9.44. The monoisotopic (exact) mass is 342 g/mol. The van der Waals surface area contributed by atoms with E-state index in [1.807, 2.05) is 24.3 Å². The van der Waals surface area contributed by atoms with Gasteiger partial charge in [-0.05, 0) is 42.3 Å². The van der Waals surface area contributed by atoms with E-state index >= 15 is 0 Å². The lowest BCUT2D eigenvalue weighted by molar-refractivity contribution is 0.0951. The third-order valence-corrected chi connectivity index (χ3v) is 3.46. The lowest BCUT2D eigenvalue weighted by atomic mass is 10.1. The van der Waals surface area contributed by atoms with Crippen molar-refractivity contribution < 1.29 is 19.1 Å². The summed E-state index contributed by atoms with van der Waals surface area (Å²) < 4.78 is 9.86. The van der Waals surface area contributed by atoms with Crippen LogP contribution in [0.5, 0.6) is 0 Å². The number of nitrogens with one attached hydrogen (secondary N) is 2. The number of hydrogen-bond donors (Lipinski definition) is 2. The van der Waals surface area contributed by atoms with Gasteiger partial charge in [-0.3, -0.25) is 10.1 Å². The Balaban J connectivity index is 1.86. The molecule has 25 heavy (non-hydrogen) atoms. The summed E-state index contributed by atoms with van der Waals surface area (Å²) in [5.74, 6) is -0.177. The van der Waals surface area contributed by atoms with Gasteiger partial charge in [0.25, 0.3) is 5.91 Å². The van der Waals surface area contributed by atoms with Gasteiger partial charge in [0.15, 0.2) is 0 Å². The fourth-order valence-corrected chi connectivity index (χ4v) is 2.19. The van der Waals surface area contributed by atoms with Gasteiger partial charge in [0, 0.05) is 24.9 Å². The van der Waals surface area contributed by atoms with Gasteiger partial charge in [-0.2, -0.15) is 0 Å². The lowest BCUT2D eigenvalue weighted by Gasteiger charge is -2.08. The van der Waals surface area contributed by atoms with E-state index in [4.69, 9.17) is 9.47 Å². The van der Waals surface area contributed by atoms with Crippen molar-refractivity contribution >= 4 is 17.7 Å². The van der Waals surface area contributed by atoms with Crippen LogP contribution in [0.15, 0.2) is 48.5 Å². The molecule has 2 aromatic rings. The Kier molecular flexibility index (Phi) is 6.98. The second-order valence-corrected chi connectivity index (χ2v) is 5.36. The van der Waals surface area contributed by atoms with Crippen molar-refractivity contribution in [1.29, 1.82) is 0 Å². The zero-order valence-electron chi connectivity index (χ0n) is 14.4. The molecule has 0 saturated heterocycles. The van der Waals surface area contributed by atoms with Crippen molar-refractivity contribution in [3.05, 3.63) is 65.2 Å². The van der Waals surface area contributed by atoms with Crippen LogP contribution >= 0.6 is 0 Å². The van der Waals surface area contributed by atoms with Crippen molar-refractivity contribution in [3.8, 4) is 0 Å². The van der Waals surface area contributed by atoms with Crippen LogP contribution in [0, 0.1) is 0 Å². The van der Waals surface area contributed by atoms with Crippen LogP contribution in [-0.2, 0) is 22.6 Å². The molecule has 0 unspecified atom stereocenters. The largest absolute Gasteiger partial charge is 0.450 e. The van der Waals surface area contributed by atoms with Gasteiger partial charge in [0.2, 0.25) is 0 Å². The summed E-state index contributed by atoms with van der Waals surface area (Å²) in [7, 11) is 1.65. The van der Waals surface area contributed by atoms with Crippen LogP contribution in [0.4, 0.5) is 10.5 Å². The van der Waals surface area contributed by atoms with Gasteiger partial charge >= 0.3 is 6.09 Å². The first-order chi connectivity index (χ1) is 12.1. The molecule has 0 aliphatic carbocycles. The predicted octanol–water partition coefficient (Wildman–Crippen LogP) is 3.33. The normalized spacial score (nSPS) is 10.2. The quantitative estimate of drug-likeness (QED) is 0.809. The van der Waals surface area contributed by atoms with Crippen LogP contribution in [-0.4, -0.2) is 25.7 Å². The van der Waals surface area contributed by atoms with E-state index in [0.717, 1.165) is 11.1 Å². The first-order valence-corrected chi connectivity index (χ1v) is 8.01. The standard InChI is InChI=1S/C19H22N2O4/c1-3-25-19(23)21-17-10-8-16(9-11-17)18(22)20-12-14-4-6-15(7-5-14)13-24-2/h4-11H,3,12-13H2,1-2H3,(H,20,22)(H,21,23). The van der Waals surface area contributed by atoms with Crippen molar-refractivity contribution in [2.75, 3.05) is 19.0 Å². The summed E-state index contributed by atoms with van der Waals surface area (Å²) in [6.45, 7) is 3.05. The fraction of sp³-hybridized carbons (Fsp3) is 0.263. The Morgan fingerprint density at radius 1 is 0.960 bits per heavy atom. The summed E-state index contributed by atoms with van der Waals surface area (Å²) in [5, 5.41) is 5.44. The van der Waals surface area contributed by atoms with Gasteiger partial charge < -0.3 is 14.8 Å². The van der Waals surface area contributed by atoms with Crippen molar-refractivity contribution in [3.63, 3.8) is 0 Å². The molecule has 0 fully saturated rings. The zero-order chi connectivity index (χ0) is 18.1. The second-order valence-electron chi connectivity index (χ2n) is 5.36. The van der Waals surface area contributed by atoms with E-state index in [9.17, 15) is 9.59 Å². The summed E-state index contributed by atoms with van der Waals surface area (Å²) in [4.78, 5) is 23.5. The average Bonchev–Trinajstić information content (AvgIpc) is 2.62. The molecular formula is C19H22N2O4. The molecule has 0 aliphatic heterocycles. The number of anilines is 1. The average molecular weight is 342 g/mol. The molecule has 0 saturated carbocycles. The molecule has 0 spiro atoms. The molecule has 2 amide bonds. The van der Waals surface area contributed by atoms with E-state index in [2.05, 4.69) is 10.6 Å². The molecule has 6 heteroatoms. The number of amides is 2. The molecule has 0 bridgehead atoms. The molecule has 132 valence electrons. The van der Waals surface area contributed by atoms with Crippen LogP contribution in [0.25, 0.3) is 0 Å². The number of hydrogen-bond acceptors (Lipinski definition) is 4.